The van der Waals surface area contributed by atoms with E-state index in [9.17, 15) is 28.0 Å². The fourth-order valence-electron chi connectivity index (χ4n) is 2.17. The Labute approximate surface area is 158 Å². The van der Waals surface area contributed by atoms with Gasteiger partial charge in [-0.25, -0.2) is 13.6 Å². The number of aromatic nitrogens is 1. The van der Waals surface area contributed by atoms with Crippen LogP contribution in [0.1, 0.15) is 27.8 Å². The second-order valence-electron chi connectivity index (χ2n) is 5.81. The number of carbonyl (C=O) groups excluding carboxylic acids is 4. The van der Waals surface area contributed by atoms with Gasteiger partial charge in [-0.05, 0) is 25.1 Å². The largest absolute Gasteiger partial charge is 0.451 e. The minimum Gasteiger partial charge on any atom is -0.451 e. The fraction of sp³-hybridized carbons (Fsp3) is 0.222. The van der Waals surface area contributed by atoms with Gasteiger partial charge in [-0.1, -0.05) is 0 Å². The summed E-state index contributed by atoms with van der Waals surface area (Å²) in [5, 5.41) is 4.49. The molecule has 2 amide bonds. The Hall–Kier alpha value is -3.56. The van der Waals surface area contributed by atoms with Crippen LogP contribution in [0.4, 0.5) is 14.5 Å². The van der Waals surface area contributed by atoms with E-state index in [1.165, 1.54) is 23.8 Å². The van der Waals surface area contributed by atoms with Gasteiger partial charge >= 0.3 is 5.97 Å². The van der Waals surface area contributed by atoms with E-state index in [0.29, 0.717) is 5.56 Å². The van der Waals surface area contributed by atoms with Gasteiger partial charge in [0.15, 0.2) is 24.0 Å². The molecular formula is C18H17F2N3O5. The molecule has 2 rings (SSSR count). The summed E-state index contributed by atoms with van der Waals surface area (Å²) in [6.07, 6.45) is 1.46. The minimum atomic E-state index is -1.12. The lowest BCUT2D eigenvalue weighted by atomic mass is 10.2. The Kier molecular flexibility index (Phi) is 6.59. The zero-order chi connectivity index (χ0) is 20.8. The Balaban J connectivity index is 1.79. The van der Waals surface area contributed by atoms with Crippen molar-refractivity contribution < 1.29 is 32.7 Å². The van der Waals surface area contributed by atoms with E-state index in [0.717, 1.165) is 18.2 Å². The number of benzene rings is 1. The zero-order valence-electron chi connectivity index (χ0n) is 15.0. The van der Waals surface area contributed by atoms with Crippen molar-refractivity contribution in [3.05, 3.63) is 53.4 Å². The van der Waals surface area contributed by atoms with Gasteiger partial charge < -0.3 is 19.9 Å². The minimum absolute atomic E-state index is 0.0227. The molecule has 10 heteroatoms. The van der Waals surface area contributed by atoms with Crippen LogP contribution in [0.2, 0.25) is 0 Å². The first-order valence-electron chi connectivity index (χ1n) is 8.03. The molecule has 0 saturated carbocycles. The highest BCUT2D eigenvalue weighted by atomic mass is 19.2. The van der Waals surface area contributed by atoms with E-state index in [-0.39, 0.29) is 17.2 Å². The van der Waals surface area contributed by atoms with Crippen molar-refractivity contribution in [2.45, 2.75) is 6.92 Å². The van der Waals surface area contributed by atoms with E-state index in [2.05, 4.69) is 10.6 Å². The predicted molar refractivity (Wildman–Crippen MR) is 93.7 cm³/mol. The van der Waals surface area contributed by atoms with Crippen LogP contribution in [0.15, 0.2) is 30.5 Å². The average Bonchev–Trinajstić information content (AvgIpc) is 3.03. The van der Waals surface area contributed by atoms with Crippen molar-refractivity contribution in [1.29, 1.82) is 0 Å². The van der Waals surface area contributed by atoms with Gasteiger partial charge in [0.1, 0.15) is 5.69 Å². The van der Waals surface area contributed by atoms with E-state index < -0.39 is 42.6 Å². The SMILES string of the molecule is CC(=O)c1cc(C(=O)OCC(=O)NCC(=O)Nc2ccc(F)c(F)c2)n(C)c1. The van der Waals surface area contributed by atoms with Crippen LogP contribution >= 0.6 is 0 Å². The highest BCUT2D eigenvalue weighted by Gasteiger charge is 2.17. The maximum atomic E-state index is 13.1. The molecule has 0 radical (unpaired) electrons. The van der Waals surface area contributed by atoms with Crippen LogP contribution in [0.5, 0.6) is 0 Å². The van der Waals surface area contributed by atoms with Gasteiger partial charge in [-0.3, -0.25) is 14.4 Å². The molecule has 0 spiro atoms. The number of nitrogens with zero attached hydrogens (tertiary/aromatic N) is 1. The molecule has 1 aromatic heterocycles. The van der Waals surface area contributed by atoms with Crippen LogP contribution in [0.3, 0.4) is 0 Å². The first-order chi connectivity index (χ1) is 13.2. The molecule has 2 N–H and O–H groups in total. The quantitative estimate of drug-likeness (QED) is 0.547. The van der Waals surface area contributed by atoms with Crippen molar-refractivity contribution in [2.75, 3.05) is 18.5 Å². The summed E-state index contributed by atoms with van der Waals surface area (Å²) in [5.74, 6) is -4.63. The zero-order valence-corrected chi connectivity index (χ0v) is 15.0. The number of ketones is 1. The van der Waals surface area contributed by atoms with Crippen molar-refractivity contribution in [2.24, 2.45) is 7.05 Å². The molecule has 2 aromatic rings. The number of rotatable bonds is 7. The summed E-state index contributed by atoms with van der Waals surface area (Å²) in [6.45, 7) is 0.245. The number of halogens is 2. The molecule has 0 bridgehead atoms. The number of carbonyl (C=O) groups is 4. The molecule has 0 unspecified atom stereocenters. The lowest BCUT2D eigenvalue weighted by Crippen LogP contribution is -2.35. The molecule has 1 aromatic carbocycles. The number of anilines is 1. The summed E-state index contributed by atoms with van der Waals surface area (Å²) in [6, 6.07) is 4.16. The highest BCUT2D eigenvalue weighted by molar-refractivity contribution is 5.98. The van der Waals surface area contributed by atoms with Gasteiger partial charge in [-0.2, -0.15) is 0 Å². The second kappa shape index (κ2) is 8.89. The lowest BCUT2D eigenvalue weighted by Gasteiger charge is -2.08. The molecule has 0 aliphatic carbocycles. The topological polar surface area (TPSA) is 106 Å². The Morgan fingerprint density at radius 3 is 2.39 bits per heavy atom. The van der Waals surface area contributed by atoms with Crippen molar-refractivity contribution in [3.8, 4) is 0 Å². The van der Waals surface area contributed by atoms with Gasteiger partial charge in [0, 0.05) is 30.6 Å². The molecule has 0 aliphatic heterocycles. The first kappa shape index (κ1) is 20.7. The third-order valence-corrected chi connectivity index (χ3v) is 3.60. The van der Waals surface area contributed by atoms with Crippen LogP contribution in [-0.4, -0.2) is 41.3 Å². The van der Waals surface area contributed by atoms with Crippen LogP contribution in [0, 0.1) is 11.6 Å². The van der Waals surface area contributed by atoms with Crippen molar-refractivity contribution in [3.63, 3.8) is 0 Å². The van der Waals surface area contributed by atoms with Gasteiger partial charge in [-0.15, -0.1) is 0 Å². The number of hydrogen-bond acceptors (Lipinski definition) is 5. The maximum absolute atomic E-state index is 13.1. The summed E-state index contributed by atoms with van der Waals surface area (Å²) >= 11 is 0. The first-order valence-corrected chi connectivity index (χ1v) is 8.03. The van der Waals surface area contributed by atoms with E-state index in [4.69, 9.17) is 4.74 Å². The Morgan fingerprint density at radius 2 is 1.79 bits per heavy atom. The Bertz CT molecular complexity index is 939. The van der Waals surface area contributed by atoms with Gasteiger partial charge in [0.25, 0.3) is 5.91 Å². The van der Waals surface area contributed by atoms with Gasteiger partial charge in [0.05, 0.1) is 6.54 Å². The Morgan fingerprint density at radius 1 is 1.07 bits per heavy atom. The fourth-order valence-corrected chi connectivity index (χ4v) is 2.17. The number of nitrogens with one attached hydrogen (secondary N) is 2. The lowest BCUT2D eigenvalue weighted by molar-refractivity contribution is -0.126. The third-order valence-electron chi connectivity index (χ3n) is 3.60. The van der Waals surface area contributed by atoms with E-state index >= 15 is 0 Å². The van der Waals surface area contributed by atoms with Crippen LogP contribution in [0.25, 0.3) is 0 Å². The van der Waals surface area contributed by atoms with Crippen molar-refractivity contribution >= 4 is 29.3 Å². The number of esters is 1. The molecule has 8 nitrogen and oxygen atoms in total. The standard InChI is InChI=1S/C18H17F2N3O5/c1-10(24)11-5-15(23(2)8-11)18(27)28-9-17(26)21-7-16(25)22-12-3-4-13(19)14(20)6-12/h3-6,8H,7,9H2,1-2H3,(H,21,26)(H,22,25). The monoisotopic (exact) mass is 393 g/mol. The predicted octanol–water partition coefficient (Wildman–Crippen LogP) is 1.42. The number of Topliss-reactive ketones (excluding diaryl/α,β-unsaturated/α-hetero) is 1. The molecule has 1 heterocycles. The normalized spacial score (nSPS) is 10.3. The molecule has 0 fully saturated rings. The number of amides is 2. The van der Waals surface area contributed by atoms with E-state index in [1.807, 2.05) is 0 Å². The van der Waals surface area contributed by atoms with Crippen molar-refractivity contribution in [1.82, 2.24) is 9.88 Å². The smallest absolute Gasteiger partial charge is 0.355 e. The van der Waals surface area contributed by atoms with Crippen LogP contribution in [-0.2, 0) is 21.4 Å². The number of ether oxygens (including phenoxy) is 1. The maximum Gasteiger partial charge on any atom is 0.355 e. The number of aryl methyl sites for hydroxylation is 1. The summed E-state index contributed by atoms with van der Waals surface area (Å²) in [4.78, 5) is 46.7. The molecule has 28 heavy (non-hydrogen) atoms. The molecule has 148 valence electrons. The number of hydrogen-bond donors (Lipinski definition) is 2. The third kappa shape index (κ3) is 5.47. The molecule has 0 aliphatic rings. The van der Waals surface area contributed by atoms with E-state index in [1.54, 1.807) is 7.05 Å². The van der Waals surface area contributed by atoms with Gasteiger partial charge in [0.2, 0.25) is 5.91 Å². The summed E-state index contributed by atoms with van der Waals surface area (Å²) in [5.41, 5.74) is 0.441. The average molecular weight is 393 g/mol. The summed E-state index contributed by atoms with van der Waals surface area (Å²) < 4.78 is 32.1. The van der Waals surface area contributed by atoms with Crippen LogP contribution < -0.4 is 10.6 Å². The second-order valence-corrected chi connectivity index (χ2v) is 5.81. The highest BCUT2D eigenvalue weighted by Crippen LogP contribution is 2.13. The molecular weight excluding hydrogens is 376 g/mol. The molecule has 0 saturated heterocycles. The molecule has 0 atom stereocenters. The summed E-state index contributed by atoms with van der Waals surface area (Å²) in [7, 11) is 1.55.